The van der Waals surface area contributed by atoms with Crippen LogP contribution in [0.2, 0.25) is 10.3 Å². The first-order valence-electron chi connectivity index (χ1n) is 5.64. The Morgan fingerprint density at radius 1 is 1.06 bits per heavy atom. The van der Waals surface area contributed by atoms with E-state index in [0.29, 0.717) is 11.7 Å². The number of hydrogen-bond donors (Lipinski definition) is 0. The van der Waals surface area contributed by atoms with Gasteiger partial charge in [0, 0.05) is 5.56 Å². The van der Waals surface area contributed by atoms with Gasteiger partial charge in [-0.1, -0.05) is 47.5 Å². The molecule has 0 spiro atoms. The van der Waals surface area contributed by atoms with Crippen molar-refractivity contribution in [2.75, 3.05) is 0 Å². The standard InChI is InChI=1S/C13H9Cl2FN2/c14-11-10(16)12(15)18-13(17-11)9-4-2-1-3-8(9)7-5-6-7/h1-4,7H,5-6H2. The molecular weight excluding hydrogens is 274 g/mol. The van der Waals surface area contributed by atoms with Crippen molar-refractivity contribution in [2.24, 2.45) is 0 Å². The second kappa shape index (κ2) is 4.48. The molecule has 3 rings (SSSR count). The van der Waals surface area contributed by atoms with E-state index in [1.54, 1.807) is 0 Å². The molecule has 0 saturated heterocycles. The van der Waals surface area contributed by atoms with Crippen LogP contribution in [0.1, 0.15) is 24.3 Å². The summed E-state index contributed by atoms with van der Waals surface area (Å²) in [6.07, 6.45) is 2.33. The van der Waals surface area contributed by atoms with Crippen LogP contribution in [0.3, 0.4) is 0 Å². The Morgan fingerprint density at radius 3 is 2.28 bits per heavy atom. The zero-order valence-electron chi connectivity index (χ0n) is 9.33. The van der Waals surface area contributed by atoms with Gasteiger partial charge in [-0.15, -0.1) is 0 Å². The third-order valence-corrected chi connectivity index (χ3v) is 3.49. The molecule has 0 aliphatic heterocycles. The summed E-state index contributed by atoms with van der Waals surface area (Å²) >= 11 is 11.4. The smallest absolute Gasteiger partial charge is 0.197 e. The van der Waals surface area contributed by atoms with E-state index in [-0.39, 0.29) is 10.3 Å². The Hall–Kier alpha value is -1.19. The highest BCUT2D eigenvalue weighted by molar-refractivity contribution is 6.33. The lowest BCUT2D eigenvalue weighted by Crippen LogP contribution is -1.97. The Balaban J connectivity index is 2.15. The van der Waals surface area contributed by atoms with Gasteiger partial charge in [-0.3, -0.25) is 0 Å². The molecule has 0 amide bonds. The number of aromatic nitrogens is 2. The van der Waals surface area contributed by atoms with Crippen LogP contribution in [0, 0.1) is 5.82 Å². The molecule has 0 bridgehead atoms. The minimum atomic E-state index is -0.772. The van der Waals surface area contributed by atoms with Crippen LogP contribution in [0.25, 0.3) is 11.4 Å². The van der Waals surface area contributed by atoms with Gasteiger partial charge >= 0.3 is 0 Å². The minimum Gasteiger partial charge on any atom is -0.213 e. The van der Waals surface area contributed by atoms with E-state index < -0.39 is 5.82 Å². The highest BCUT2D eigenvalue weighted by Crippen LogP contribution is 2.44. The number of benzene rings is 1. The van der Waals surface area contributed by atoms with E-state index in [2.05, 4.69) is 9.97 Å². The van der Waals surface area contributed by atoms with Gasteiger partial charge in [0.2, 0.25) is 0 Å². The van der Waals surface area contributed by atoms with Crippen molar-refractivity contribution in [3.63, 3.8) is 0 Å². The van der Waals surface area contributed by atoms with E-state index in [4.69, 9.17) is 23.2 Å². The van der Waals surface area contributed by atoms with Gasteiger partial charge in [0.05, 0.1) is 0 Å². The topological polar surface area (TPSA) is 25.8 Å². The summed E-state index contributed by atoms with van der Waals surface area (Å²) in [7, 11) is 0. The molecule has 1 saturated carbocycles. The van der Waals surface area contributed by atoms with Gasteiger partial charge in [-0.2, -0.15) is 0 Å². The van der Waals surface area contributed by atoms with E-state index >= 15 is 0 Å². The molecule has 0 N–H and O–H groups in total. The van der Waals surface area contributed by atoms with Crippen molar-refractivity contribution in [1.82, 2.24) is 9.97 Å². The fourth-order valence-electron chi connectivity index (χ4n) is 1.97. The first kappa shape index (κ1) is 11.9. The lowest BCUT2D eigenvalue weighted by molar-refractivity contribution is 0.615. The van der Waals surface area contributed by atoms with Gasteiger partial charge in [-0.25, -0.2) is 14.4 Å². The molecule has 1 heterocycles. The Kier molecular flexibility index (Phi) is 2.96. The average molecular weight is 283 g/mol. The Bertz CT molecular complexity index is 589. The summed E-state index contributed by atoms with van der Waals surface area (Å²) in [5.41, 5.74) is 2.06. The Labute approximate surface area is 114 Å². The number of rotatable bonds is 2. The summed E-state index contributed by atoms with van der Waals surface area (Å²) < 4.78 is 13.3. The second-order valence-corrected chi connectivity index (χ2v) is 5.02. The lowest BCUT2D eigenvalue weighted by atomic mass is 10.0. The summed E-state index contributed by atoms with van der Waals surface area (Å²) in [5.74, 6) is 0.160. The summed E-state index contributed by atoms with van der Waals surface area (Å²) in [4.78, 5) is 7.94. The maximum Gasteiger partial charge on any atom is 0.197 e. The normalized spacial score (nSPS) is 14.8. The van der Waals surface area contributed by atoms with Crippen LogP contribution in [0.5, 0.6) is 0 Å². The van der Waals surface area contributed by atoms with Crippen molar-refractivity contribution in [2.45, 2.75) is 18.8 Å². The average Bonchev–Trinajstić information content (AvgIpc) is 3.19. The van der Waals surface area contributed by atoms with Gasteiger partial charge in [0.25, 0.3) is 0 Å². The molecule has 2 nitrogen and oxygen atoms in total. The molecule has 5 heteroatoms. The highest BCUT2D eigenvalue weighted by Gasteiger charge is 2.27. The highest BCUT2D eigenvalue weighted by atomic mass is 35.5. The van der Waals surface area contributed by atoms with E-state index in [1.165, 1.54) is 18.4 Å². The van der Waals surface area contributed by atoms with Crippen LogP contribution in [0.4, 0.5) is 4.39 Å². The summed E-state index contributed by atoms with van der Waals surface area (Å²) in [5, 5.41) is -0.480. The number of halogens is 3. The molecule has 1 aromatic carbocycles. The third-order valence-electron chi connectivity index (χ3n) is 2.99. The molecule has 1 aliphatic rings. The maximum absolute atomic E-state index is 13.3. The van der Waals surface area contributed by atoms with Gasteiger partial charge in [0.15, 0.2) is 21.9 Å². The molecule has 2 aromatic rings. The monoisotopic (exact) mass is 282 g/mol. The Morgan fingerprint density at radius 2 is 1.67 bits per heavy atom. The predicted octanol–water partition coefficient (Wildman–Crippen LogP) is 4.47. The first-order chi connectivity index (χ1) is 8.66. The van der Waals surface area contributed by atoms with Gasteiger partial charge in [0.1, 0.15) is 0 Å². The molecular formula is C13H9Cl2FN2. The minimum absolute atomic E-state index is 0.240. The van der Waals surface area contributed by atoms with Crippen molar-refractivity contribution in [3.05, 3.63) is 46.0 Å². The lowest BCUT2D eigenvalue weighted by Gasteiger charge is -2.08. The predicted molar refractivity (Wildman–Crippen MR) is 69.4 cm³/mol. The molecule has 0 unspecified atom stereocenters. The quantitative estimate of drug-likeness (QED) is 0.760. The van der Waals surface area contributed by atoms with E-state index in [1.807, 2.05) is 24.3 Å². The molecule has 1 aliphatic carbocycles. The molecule has 0 atom stereocenters. The zero-order valence-corrected chi connectivity index (χ0v) is 10.8. The largest absolute Gasteiger partial charge is 0.213 e. The molecule has 1 fully saturated rings. The first-order valence-corrected chi connectivity index (χ1v) is 6.40. The fourth-order valence-corrected chi connectivity index (χ4v) is 2.35. The van der Waals surface area contributed by atoms with Crippen LogP contribution < -0.4 is 0 Å². The van der Waals surface area contributed by atoms with E-state index in [0.717, 1.165) is 5.56 Å². The SMILES string of the molecule is Fc1c(Cl)nc(-c2ccccc2C2CC2)nc1Cl. The van der Waals surface area contributed by atoms with Crippen molar-refractivity contribution < 1.29 is 4.39 Å². The van der Waals surface area contributed by atoms with Crippen molar-refractivity contribution in [3.8, 4) is 11.4 Å². The van der Waals surface area contributed by atoms with Gasteiger partial charge in [-0.05, 0) is 24.3 Å². The second-order valence-electron chi connectivity index (χ2n) is 4.30. The molecule has 18 heavy (non-hydrogen) atoms. The summed E-state index contributed by atoms with van der Waals surface area (Å²) in [6, 6.07) is 7.83. The van der Waals surface area contributed by atoms with E-state index in [9.17, 15) is 4.39 Å². The van der Waals surface area contributed by atoms with Crippen molar-refractivity contribution in [1.29, 1.82) is 0 Å². The zero-order chi connectivity index (χ0) is 12.7. The van der Waals surface area contributed by atoms with Crippen molar-refractivity contribution >= 4 is 23.2 Å². The van der Waals surface area contributed by atoms with Gasteiger partial charge < -0.3 is 0 Å². The molecule has 92 valence electrons. The molecule has 0 radical (unpaired) electrons. The molecule has 1 aromatic heterocycles. The van der Waals surface area contributed by atoms with Crippen LogP contribution in [-0.2, 0) is 0 Å². The third kappa shape index (κ3) is 2.08. The number of nitrogens with zero attached hydrogens (tertiary/aromatic N) is 2. The number of hydrogen-bond acceptors (Lipinski definition) is 2. The van der Waals surface area contributed by atoms with Crippen LogP contribution in [0.15, 0.2) is 24.3 Å². The van der Waals surface area contributed by atoms with Crippen LogP contribution >= 0.6 is 23.2 Å². The van der Waals surface area contributed by atoms with Crippen LogP contribution in [-0.4, -0.2) is 9.97 Å². The summed E-state index contributed by atoms with van der Waals surface area (Å²) in [6.45, 7) is 0. The fraction of sp³-hybridized carbons (Fsp3) is 0.231. The maximum atomic E-state index is 13.3.